The van der Waals surface area contributed by atoms with Gasteiger partial charge in [0.15, 0.2) is 0 Å². The molecule has 0 saturated heterocycles. The molecule has 1 aromatic heterocycles. The summed E-state index contributed by atoms with van der Waals surface area (Å²) in [4.78, 5) is 9.08. The highest BCUT2D eigenvalue weighted by molar-refractivity contribution is 6.01. The van der Waals surface area contributed by atoms with Crippen LogP contribution in [0.1, 0.15) is 32.9 Å². The molecule has 0 aliphatic carbocycles. The van der Waals surface area contributed by atoms with Crippen molar-refractivity contribution >= 4 is 11.3 Å². The van der Waals surface area contributed by atoms with E-state index in [0.29, 0.717) is 17.7 Å². The Bertz CT molecular complexity index is 489. The molecule has 0 N–H and O–H groups in total. The van der Waals surface area contributed by atoms with Crippen molar-refractivity contribution in [3.63, 3.8) is 0 Å². The van der Waals surface area contributed by atoms with E-state index in [0.717, 1.165) is 12.1 Å². The maximum absolute atomic E-state index is 5.18. The minimum absolute atomic E-state index is 0.393. The second kappa shape index (κ2) is 5.34. The van der Waals surface area contributed by atoms with Gasteiger partial charge in [0, 0.05) is 29.5 Å². The van der Waals surface area contributed by atoms with Gasteiger partial charge in [0.2, 0.25) is 5.88 Å². The predicted octanol–water partition coefficient (Wildman–Crippen LogP) is 3.57. The maximum atomic E-state index is 5.18. The molecule has 0 spiro atoms. The number of hydrogen-bond donors (Lipinski definition) is 0. The quantitative estimate of drug-likeness (QED) is 0.811. The summed E-state index contributed by atoms with van der Waals surface area (Å²) >= 11 is 0. The molecular weight excluding hydrogens is 224 g/mol. The molecule has 3 heteroatoms. The first kappa shape index (κ1) is 12.8. The van der Waals surface area contributed by atoms with E-state index in [1.807, 2.05) is 24.4 Å². The monoisotopic (exact) mass is 244 g/mol. The molecule has 1 unspecified atom stereocenters. The van der Waals surface area contributed by atoms with Gasteiger partial charge in [-0.2, -0.15) is 0 Å². The van der Waals surface area contributed by atoms with Gasteiger partial charge in [-0.1, -0.05) is 26.8 Å². The fourth-order valence-electron chi connectivity index (χ4n) is 2.40. The third kappa shape index (κ3) is 2.30. The molecule has 96 valence electrons. The number of ether oxygens (including phenoxy) is 1. The Morgan fingerprint density at radius 2 is 2.11 bits per heavy atom. The van der Waals surface area contributed by atoms with Crippen molar-refractivity contribution in [2.75, 3.05) is 7.11 Å². The first-order valence-electron chi connectivity index (χ1n) is 6.46. The summed E-state index contributed by atoms with van der Waals surface area (Å²) in [6, 6.07) is 5.86. The molecule has 2 rings (SSSR count). The number of hydrogen-bond acceptors (Lipinski definition) is 3. The maximum Gasteiger partial charge on any atom is 0.213 e. The van der Waals surface area contributed by atoms with Crippen molar-refractivity contribution in [3.8, 4) is 5.88 Å². The van der Waals surface area contributed by atoms with Crippen molar-refractivity contribution in [1.29, 1.82) is 0 Å². The van der Waals surface area contributed by atoms with Gasteiger partial charge in [0.1, 0.15) is 0 Å². The van der Waals surface area contributed by atoms with Crippen LogP contribution in [0.15, 0.2) is 29.4 Å². The van der Waals surface area contributed by atoms with Crippen LogP contribution in [0.25, 0.3) is 5.57 Å². The normalized spacial score (nSPS) is 18.8. The lowest BCUT2D eigenvalue weighted by Crippen LogP contribution is -2.18. The van der Waals surface area contributed by atoms with Crippen LogP contribution in [0, 0.1) is 11.8 Å². The van der Waals surface area contributed by atoms with Crippen molar-refractivity contribution in [3.05, 3.63) is 30.1 Å². The second-order valence-electron chi connectivity index (χ2n) is 4.82. The van der Waals surface area contributed by atoms with Crippen molar-refractivity contribution in [2.24, 2.45) is 16.8 Å². The Hall–Kier alpha value is -1.64. The molecule has 0 aromatic carbocycles. The lowest BCUT2D eigenvalue weighted by molar-refractivity contribution is 0.397. The number of pyridine rings is 1. The van der Waals surface area contributed by atoms with E-state index >= 15 is 0 Å². The van der Waals surface area contributed by atoms with E-state index < -0.39 is 0 Å². The molecule has 0 amide bonds. The molecule has 1 aliphatic heterocycles. The molecule has 0 fully saturated rings. The van der Waals surface area contributed by atoms with E-state index in [2.05, 4.69) is 30.7 Å². The van der Waals surface area contributed by atoms with Crippen LogP contribution in [-0.4, -0.2) is 17.8 Å². The molecule has 18 heavy (non-hydrogen) atoms. The van der Waals surface area contributed by atoms with Gasteiger partial charge in [0.05, 0.1) is 12.8 Å². The predicted molar refractivity (Wildman–Crippen MR) is 74.8 cm³/mol. The van der Waals surface area contributed by atoms with Gasteiger partial charge in [-0.3, -0.25) is 4.99 Å². The van der Waals surface area contributed by atoms with E-state index in [1.165, 1.54) is 11.3 Å². The average molecular weight is 244 g/mol. The topological polar surface area (TPSA) is 34.5 Å². The highest BCUT2D eigenvalue weighted by Gasteiger charge is 2.27. The van der Waals surface area contributed by atoms with Gasteiger partial charge >= 0.3 is 0 Å². The summed E-state index contributed by atoms with van der Waals surface area (Å²) in [6.07, 6.45) is 3.02. The number of methoxy groups -OCH3 is 1. The van der Waals surface area contributed by atoms with E-state index in [1.54, 1.807) is 7.11 Å². The summed E-state index contributed by atoms with van der Waals surface area (Å²) in [7, 11) is 1.64. The molecule has 1 aliphatic rings. The molecule has 0 bridgehead atoms. The lowest BCUT2D eigenvalue weighted by atomic mass is 9.86. The van der Waals surface area contributed by atoms with Gasteiger partial charge in [-0.25, -0.2) is 4.98 Å². The van der Waals surface area contributed by atoms with Gasteiger partial charge in [-0.05, 0) is 18.4 Å². The first-order chi connectivity index (χ1) is 8.67. The van der Waals surface area contributed by atoms with Crippen LogP contribution >= 0.6 is 0 Å². The molecule has 1 aromatic rings. The van der Waals surface area contributed by atoms with Gasteiger partial charge in [0.25, 0.3) is 0 Å². The van der Waals surface area contributed by atoms with Crippen LogP contribution in [0.3, 0.4) is 0 Å². The summed E-state index contributed by atoms with van der Waals surface area (Å²) < 4.78 is 5.18. The van der Waals surface area contributed by atoms with E-state index in [-0.39, 0.29) is 0 Å². The molecule has 2 heterocycles. The standard InChI is InChI=1S/C15H20N2O/c1-5-11-12(9-16-15(11)10(2)3)13-7-6-8-14(17-13)18-4/h6-11H,5H2,1-4H3. The molecule has 0 radical (unpaired) electrons. The van der Waals surface area contributed by atoms with Crippen LogP contribution in [0.2, 0.25) is 0 Å². The number of rotatable bonds is 4. The Labute approximate surface area is 109 Å². The number of aliphatic imine (C=N–C) groups is 1. The van der Waals surface area contributed by atoms with Crippen molar-refractivity contribution in [2.45, 2.75) is 27.2 Å². The largest absolute Gasteiger partial charge is 0.481 e. The molecular formula is C15H20N2O. The average Bonchev–Trinajstić information content (AvgIpc) is 2.82. The third-order valence-corrected chi connectivity index (χ3v) is 3.31. The van der Waals surface area contributed by atoms with Crippen LogP contribution in [-0.2, 0) is 0 Å². The lowest BCUT2D eigenvalue weighted by Gasteiger charge is -2.18. The summed E-state index contributed by atoms with van der Waals surface area (Å²) in [5.74, 6) is 1.53. The fraction of sp³-hybridized carbons (Fsp3) is 0.467. The van der Waals surface area contributed by atoms with Crippen molar-refractivity contribution in [1.82, 2.24) is 4.98 Å². The summed E-state index contributed by atoms with van der Waals surface area (Å²) in [5.41, 5.74) is 3.44. The molecule has 1 atom stereocenters. The zero-order valence-electron chi connectivity index (χ0n) is 11.5. The van der Waals surface area contributed by atoms with Crippen LogP contribution in [0.4, 0.5) is 0 Å². The van der Waals surface area contributed by atoms with Crippen molar-refractivity contribution < 1.29 is 4.74 Å². The number of aromatic nitrogens is 1. The second-order valence-corrected chi connectivity index (χ2v) is 4.82. The van der Waals surface area contributed by atoms with Crippen LogP contribution < -0.4 is 4.74 Å². The zero-order chi connectivity index (χ0) is 13.1. The highest BCUT2D eigenvalue weighted by Crippen LogP contribution is 2.33. The molecule has 0 saturated carbocycles. The van der Waals surface area contributed by atoms with Gasteiger partial charge in [-0.15, -0.1) is 0 Å². The Morgan fingerprint density at radius 1 is 1.33 bits per heavy atom. The smallest absolute Gasteiger partial charge is 0.213 e. The number of allylic oxidation sites excluding steroid dienone is 1. The fourth-order valence-corrected chi connectivity index (χ4v) is 2.40. The van der Waals surface area contributed by atoms with E-state index in [9.17, 15) is 0 Å². The summed E-state index contributed by atoms with van der Waals surface area (Å²) in [6.45, 7) is 6.58. The Morgan fingerprint density at radius 3 is 2.72 bits per heavy atom. The minimum atomic E-state index is 0.393. The first-order valence-corrected chi connectivity index (χ1v) is 6.46. The Balaban J connectivity index is 2.30. The van der Waals surface area contributed by atoms with Crippen LogP contribution in [0.5, 0.6) is 5.88 Å². The third-order valence-electron chi connectivity index (χ3n) is 3.31. The zero-order valence-corrected chi connectivity index (χ0v) is 11.5. The van der Waals surface area contributed by atoms with E-state index in [4.69, 9.17) is 4.74 Å². The Kier molecular flexibility index (Phi) is 3.80. The van der Waals surface area contributed by atoms with Gasteiger partial charge < -0.3 is 4.74 Å². The summed E-state index contributed by atoms with van der Waals surface area (Å²) in [5, 5.41) is 0. The molecule has 3 nitrogen and oxygen atoms in total. The highest BCUT2D eigenvalue weighted by atomic mass is 16.5. The SMILES string of the molecule is CCC1C(c2cccc(OC)n2)=CN=C1C(C)C. The number of nitrogens with zero attached hydrogens (tertiary/aromatic N) is 2. The minimum Gasteiger partial charge on any atom is -0.481 e.